The third-order valence-corrected chi connectivity index (χ3v) is 5.59. The number of carboxylic acids is 1. The highest BCUT2D eigenvalue weighted by molar-refractivity contribution is 7.89. The Morgan fingerprint density at radius 2 is 1.92 bits per heavy atom. The zero-order valence-corrected chi connectivity index (χ0v) is 15.3. The molecule has 2 N–H and O–H groups in total. The molecule has 1 amide bonds. The minimum atomic E-state index is -3.60. The van der Waals surface area contributed by atoms with Crippen LogP contribution in [0.4, 0.5) is 0 Å². The van der Waals surface area contributed by atoms with E-state index >= 15 is 0 Å². The number of aliphatic carboxylic acids is 1. The first-order valence-corrected chi connectivity index (χ1v) is 9.81. The molecule has 25 heavy (non-hydrogen) atoms. The van der Waals surface area contributed by atoms with E-state index in [1.54, 1.807) is 0 Å². The Bertz CT molecular complexity index is 728. The molecule has 138 valence electrons. The summed E-state index contributed by atoms with van der Waals surface area (Å²) in [6.07, 6.45) is 1.21. The summed E-state index contributed by atoms with van der Waals surface area (Å²) < 4.78 is 26.8. The lowest BCUT2D eigenvalue weighted by Gasteiger charge is -2.30. The van der Waals surface area contributed by atoms with Crippen LogP contribution in [-0.2, 0) is 14.8 Å². The molecule has 2 rings (SSSR count). The van der Waals surface area contributed by atoms with E-state index in [0.29, 0.717) is 31.5 Å². The molecule has 7 nitrogen and oxygen atoms in total. The number of benzene rings is 1. The molecule has 0 aliphatic carbocycles. The maximum absolute atomic E-state index is 12.5. The van der Waals surface area contributed by atoms with Crippen LogP contribution in [0.5, 0.6) is 0 Å². The van der Waals surface area contributed by atoms with Gasteiger partial charge in [0.15, 0.2) is 0 Å². The van der Waals surface area contributed by atoms with Crippen molar-refractivity contribution in [2.45, 2.75) is 31.6 Å². The molecular weight excluding hydrogens is 344 g/mol. The van der Waals surface area contributed by atoms with Gasteiger partial charge < -0.3 is 10.0 Å². The van der Waals surface area contributed by atoms with Crippen molar-refractivity contribution in [3.05, 3.63) is 29.8 Å². The van der Waals surface area contributed by atoms with Crippen molar-refractivity contribution < 1.29 is 23.1 Å². The molecule has 0 radical (unpaired) electrons. The fourth-order valence-electron chi connectivity index (χ4n) is 2.68. The van der Waals surface area contributed by atoms with Gasteiger partial charge >= 0.3 is 5.97 Å². The molecule has 8 heteroatoms. The van der Waals surface area contributed by atoms with E-state index in [9.17, 15) is 18.0 Å². The molecule has 0 bridgehead atoms. The third kappa shape index (κ3) is 5.02. The van der Waals surface area contributed by atoms with Crippen LogP contribution in [0.15, 0.2) is 29.2 Å². The Labute approximate surface area is 148 Å². The van der Waals surface area contributed by atoms with Gasteiger partial charge in [0.2, 0.25) is 10.0 Å². The van der Waals surface area contributed by atoms with Gasteiger partial charge in [-0.15, -0.1) is 0 Å². The van der Waals surface area contributed by atoms with Crippen molar-refractivity contribution in [1.82, 2.24) is 9.62 Å². The first kappa shape index (κ1) is 19.4. The second-order valence-corrected chi connectivity index (χ2v) is 8.47. The number of likely N-dealkylation sites (tertiary alicyclic amines) is 1. The van der Waals surface area contributed by atoms with Crippen LogP contribution in [0, 0.1) is 11.8 Å². The SMILES string of the molecule is CC(C)CNS(=O)(=O)c1ccc(C(=O)N2CCC[C@H](C(=O)O)C2)cc1. The monoisotopic (exact) mass is 368 g/mol. The predicted octanol–water partition coefficient (Wildman–Crippen LogP) is 1.56. The van der Waals surface area contributed by atoms with Gasteiger partial charge in [0.1, 0.15) is 0 Å². The number of nitrogens with zero attached hydrogens (tertiary/aromatic N) is 1. The molecule has 1 saturated heterocycles. The highest BCUT2D eigenvalue weighted by Crippen LogP contribution is 2.19. The Morgan fingerprint density at radius 1 is 1.28 bits per heavy atom. The molecule has 0 aromatic heterocycles. The number of sulfonamides is 1. The smallest absolute Gasteiger partial charge is 0.308 e. The van der Waals surface area contributed by atoms with Crippen LogP contribution in [-0.4, -0.2) is 49.9 Å². The van der Waals surface area contributed by atoms with Crippen LogP contribution < -0.4 is 4.72 Å². The summed E-state index contributed by atoms with van der Waals surface area (Å²) in [5, 5.41) is 9.11. The number of rotatable bonds is 6. The van der Waals surface area contributed by atoms with Gasteiger partial charge in [-0.05, 0) is 43.0 Å². The molecule has 1 heterocycles. The fourth-order valence-corrected chi connectivity index (χ4v) is 3.90. The van der Waals surface area contributed by atoms with E-state index in [0.717, 1.165) is 0 Å². The largest absolute Gasteiger partial charge is 0.481 e. The number of piperidine rings is 1. The lowest BCUT2D eigenvalue weighted by atomic mass is 9.97. The molecule has 1 aliphatic heterocycles. The average molecular weight is 368 g/mol. The van der Waals surface area contributed by atoms with Crippen LogP contribution in [0.2, 0.25) is 0 Å². The summed E-state index contributed by atoms with van der Waals surface area (Å²) in [6, 6.07) is 5.73. The van der Waals surface area contributed by atoms with E-state index in [1.807, 2.05) is 13.8 Å². The maximum Gasteiger partial charge on any atom is 0.308 e. The maximum atomic E-state index is 12.5. The Balaban J connectivity index is 2.08. The minimum Gasteiger partial charge on any atom is -0.481 e. The number of carboxylic acid groups (broad SMARTS) is 1. The van der Waals surface area contributed by atoms with Crippen molar-refractivity contribution in [1.29, 1.82) is 0 Å². The summed E-state index contributed by atoms with van der Waals surface area (Å²) in [6.45, 7) is 4.86. The van der Waals surface area contributed by atoms with Crippen LogP contribution in [0.3, 0.4) is 0 Å². The summed E-state index contributed by atoms with van der Waals surface area (Å²) >= 11 is 0. The van der Waals surface area contributed by atoms with E-state index in [2.05, 4.69) is 4.72 Å². The average Bonchev–Trinajstić information content (AvgIpc) is 2.59. The number of hydrogen-bond acceptors (Lipinski definition) is 4. The van der Waals surface area contributed by atoms with Crippen LogP contribution in [0.1, 0.15) is 37.0 Å². The number of carbonyl (C=O) groups is 2. The van der Waals surface area contributed by atoms with Crippen LogP contribution >= 0.6 is 0 Å². The van der Waals surface area contributed by atoms with E-state index in [-0.39, 0.29) is 23.3 Å². The van der Waals surface area contributed by atoms with Gasteiger partial charge in [0.25, 0.3) is 5.91 Å². The second-order valence-electron chi connectivity index (χ2n) is 6.70. The molecule has 1 atom stereocenters. The lowest BCUT2D eigenvalue weighted by Crippen LogP contribution is -2.42. The number of amides is 1. The van der Waals surface area contributed by atoms with Gasteiger partial charge in [-0.25, -0.2) is 13.1 Å². The van der Waals surface area contributed by atoms with Gasteiger partial charge in [0, 0.05) is 25.2 Å². The quantitative estimate of drug-likeness (QED) is 0.793. The topological polar surface area (TPSA) is 104 Å². The number of nitrogens with one attached hydrogen (secondary N) is 1. The Morgan fingerprint density at radius 3 is 2.48 bits per heavy atom. The molecule has 0 unspecified atom stereocenters. The second kappa shape index (κ2) is 7.97. The number of hydrogen-bond donors (Lipinski definition) is 2. The van der Waals surface area contributed by atoms with Crippen molar-refractivity contribution in [2.75, 3.05) is 19.6 Å². The lowest BCUT2D eigenvalue weighted by molar-refractivity contribution is -0.143. The Hall–Kier alpha value is -1.93. The van der Waals surface area contributed by atoms with E-state index in [1.165, 1.54) is 29.2 Å². The normalized spacial score (nSPS) is 18.4. The highest BCUT2D eigenvalue weighted by Gasteiger charge is 2.28. The van der Waals surface area contributed by atoms with Crippen molar-refractivity contribution in [3.8, 4) is 0 Å². The summed E-state index contributed by atoms with van der Waals surface area (Å²) in [5.74, 6) is -1.52. The molecular formula is C17H24N2O5S. The van der Waals surface area contributed by atoms with Crippen LogP contribution in [0.25, 0.3) is 0 Å². The van der Waals surface area contributed by atoms with Crippen molar-refractivity contribution in [2.24, 2.45) is 11.8 Å². The number of carbonyl (C=O) groups excluding carboxylic acids is 1. The minimum absolute atomic E-state index is 0.103. The fraction of sp³-hybridized carbons (Fsp3) is 0.529. The first-order chi connectivity index (χ1) is 11.7. The van der Waals surface area contributed by atoms with Crippen molar-refractivity contribution >= 4 is 21.9 Å². The molecule has 1 aromatic carbocycles. The summed E-state index contributed by atoms with van der Waals surface area (Å²) in [7, 11) is -3.60. The predicted molar refractivity (Wildman–Crippen MR) is 92.7 cm³/mol. The molecule has 0 spiro atoms. The summed E-state index contributed by atoms with van der Waals surface area (Å²) in [4.78, 5) is 25.2. The van der Waals surface area contributed by atoms with Gasteiger partial charge in [-0.3, -0.25) is 9.59 Å². The standard InChI is InChI=1S/C17H24N2O5S/c1-12(2)10-18-25(23,24)15-7-5-13(6-8-15)16(20)19-9-3-4-14(11-19)17(21)22/h5-8,12,14,18H,3-4,9-11H2,1-2H3,(H,21,22)/t14-/m0/s1. The highest BCUT2D eigenvalue weighted by atomic mass is 32.2. The third-order valence-electron chi connectivity index (χ3n) is 4.15. The molecule has 1 aliphatic rings. The zero-order valence-electron chi connectivity index (χ0n) is 14.4. The molecule has 1 fully saturated rings. The Kier molecular flexibility index (Phi) is 6.18. The van der Waals surface area contributed by atoms with E-state index in [4.69, 9.17) is 5.11 Å². The molecule has 0 saturated carbocycles. The van der Waals surface area contributed by atoms with E-state index < -0.39 is 21.9 Å². The van der Waals surface area contributed by atoms with Crippen molar-refractivity contribution in [3.63, 3.8) is 0 Å². The molecule has 1 aromatic rings. The van der Waals surface area contributed by atoms with Gasteiger partial charge in [0.05, 0.1) is 10.8 Å². The van der Waals surface area contributed by atoms with Gasteiger partial charge in [-0.1, -0.05) is 13.8 Å². The summed E-state index contributed by atoms with van der Waals surface area (Å²) in [5.41, 5.74) is 0.355. The first-order valence-electron chi connectivity index (χ1n) is 8.32. The van der Waals surface area contributed by atoms with Gasteiger partial charge in [-0.2, -0.15) is 0 Å². The zero-order chi connectivity index (χ0) is 18.6.